The minimum Gasteiger partial charge on any atom is -0.337 e. The van der Waals surface area contributed by atoms with Crippen LogP contribution in [0.1, 0.15) is 22.3 Å². The highest BCUT2D eigenvalue weighted by Crippen LogP contribution is 2.19. The molecule has 0 radical (unpaired) electrons. The van der Waals surface area contributed by atoms with E-state index < -0.39 is 11.6 Å². The lowest BCUT2D eigenvalue weighted by atomic mass is 10.2. The maximum atomic E-state index is 13.3. The molecule has 0 N–H and O–H groups in total. The second kappa shape index (κ2) is 7.93. The molecule has 0 bridgehead atoms. The van der Waals surface area contributed by atoms with E-state index in [2.05, 4.69) is 4.90 Å². The second-order valence-corrected chi connectivity index (χ2v) is 6.56. The van der Waals surface area contributed by atoms with E-state index in [1.165, 1.54) is 6.07 Å². The Hall–Kier alpha value is -1.98. The fourth-order valence-electron chi connectivity index (χ4n) is 3.03. The van der Waals surface area contributed by atoms with Crippen LogP contribution >= 0.6 is 11.6 Å². The zero-order valence-electron chi connectivity index (χ0n) is 13.7. The molecule has 1 saturated heterocycles. The molecule has 25 heavy (non-hydrogen) atoms. The van der Waals surface area contributed by atoms with Crippen molar-refractivity contribution in [2.75, 3.05) is 26.2 Å². The fourth-order valence-corrected chi connectivity index (χ4v) is 3.25. The highest BCUT2D eigenvalue weighted by atomic mass is 35.5. The third kappa shape index (κ3) is 4.35. The third-order valence-electron chi connectivity index (χ3n) is 4.37. The van der Waals surface area contributed by atoms with Gasteiger partial charge in [0.05, 0.1) is 10.6 Å². The Labute approximate surface area is 150 Å². The second-order valence-electron chi connectivity index (χ2n) is 6.15. The molecule has 0 aromatic heterocycles. The Morgan fingerprint density at radius 2 is 1.80 bits per heavy atom. The Bertz CT molecular complexity index is 769. The molecule has 1 aliphatic rings. The van der Waals surface area contributed by atoms with Gasteiger partial charge >= 0.3 is 0 Å². The van der Waals surface area contributed by atoms with Crippen molar-refractivity contribution in [1.29, 1.82) is 0 Å². The Morgan fingerprint density at radius 3 is 2.56 bits per heavy atom. The van der Waals surface area contributed by atoms with Crippen LogP contribution in [0.2, 0.25) is 5.02 Å². The van der Waals surface area contributed by atoms with E-state index in [0.717, 1.165) is 24.6 Å². The Kier molecular flexibility index (Phi) is 5.66. The van der Waals surface area contributed by atoms with Crippen LogP contribution in [0.25, 0.3) is 0 Å². The van der Waals surface area contributed by atoms with Crippen LogP contribution in [0.3, 0.4) is 0 Å². The summed E-state index contributed by atoms with van der Waals surface area (Å²) in [6.45, 7) is 3.23. The number of carbonyl (C=O) groups is 1. The highest BCUT2D eigenvalue weighted by molar-refractivity contribution is 6.33. The topological polar surface area (TPSA) is 23.6 Å². The van der Waals surface area contributed by atoms with Crippen LogP contribution in [0, 0.1) is 11.6 Å². The van der Waals surface area contributed by atoms with Crippen molar-refractivity contribution in [3.8, 4) is 0 Å². The molecule has 2 aromatic rings. The van der Waals surface area contributed by atoms with Crippen molar-refractivity contribution >= 4 is 17.5 Å². The van der Waals surface area contributed by atoms with Crippen molar-refractivity contribution in [2.24, 2.45) is 0 Å². The molecule has 0 atom stereocenters. The van der Waals surface area contributed by atoms with Crippen molar-refractivity contribution in [3.05, 3.63) is 70.2 Å². The lowest BCUT2D eigenvalue weighted by molar-refractivity contribution is 0.0761. The van der Waals surface area contributed by atoms with Gasteiger partial charge in [-0.2, -0.15) is 0 Å². The molecule has 3 nitrogen and oxygen atoms in total. The first-order valence-corrected chi connectivity index (χ1v) is 8.62. The number of hydrogen-bond donors (Lipinski definition) is 0. The Balaban J connectivity index is 1.63. The van der Waals surface area contributed by atoms with Gasteiger partial charge in [-0.05, 0) is 36.2 Å². The summed E-state index contributed by atoms with van der Waals surface area (Å²) >= 11 is 6.12. The minimum absolute atomic E-state index is 0.0692. The zero-order valence-corrected chi connectivity index (χ0v) is 14.5. The molecule has 1 aliphatic heterocycles. The van der Waals surface area contributed by atoms with Crippen LogP contribution in [-0.4, -0.2) is 41.9 Å². The molecular formula is C19H19ClF2N2O. The van der Waals surface area contributed by atoms with Gasteiger partial charge in [0.2, 0.25) is 0 Å². The van der Waals surface area contributed by atoms with Crippen molar-refractivity contribution in [1.82, 2.24) is 9.80 Å². The predicted molar refractivity (Wildman–Crippen MR) is 93.6 cm³/mol. The third-order valence-corrected chi connectivity index (χ3v) is 4.70. The van der Waals surface area contributed by atoms with Gasteiger partial charge in [-0.1, -0.05) is 29.8 Å². The maximum Gasteiger partial charge on any atom is 0.255 e. The van der Waals surface area contributed by atoms with Crippen molar-refractivity contribution in [3.63, 3.8) is 0 Å². The summed E-state index contributed by atoms with van der Waals surface area (Å²) in [5, 5.41) is 0.454. The summed E-state index contributed by atoms with van der Waals surface area (Å²) in [6.07, 6.45) is 0.819. The number of nitrogens with zero attached hydrogens (tertiary/aromatic N) is 2. The summed E-state index contributed by atoms with van der Waals surface area (Å²) in [6, 6.07) is 11.0. The number of benzene rings is 2. The van der Waals surface area contributed by atoms with Gasteiger partial charge in [-0.3, -0.25) is 9.69 Å². The number of hydrogen-bond acceptors (Lipinski definition) is 2. The van der Waals surface area contributed by atoms with E-state index in [4.69, 9.17) is 11.6 Å². The first-order valence-electron chi connectivity index (χ1n) is 8.24. The SMILES string of the molecule is O=C(c1ccccc1Cl)N1CCCN(Cc2ccc(F)c(F)c2)CC1. The average Bonchev–Trinajstić information content (AvgIpc) is 2.84. The smallest absolute Gasteiger partial charge is 0.255 e. The van der Waals surface area contributed by atoms with Gasteiger partial charge in [0.1, 0.15) is 0 Å². The summed E-state index contributed by atoms with van der Waals surface area (Å²) in [4.78, 5) is 16.6. The molecule has 1 heterocycles. The van der Waals surface area contributed by atoms with Crippen LogP contribution < -0.4 is 0 Å². The summed E-state index contributed by atoms with van der Waals surface area (Å²) in [5.74, 6) is -1.74. The first kappa shape index (κ1) is 17.8. The molecular weight excluding hydrogens is 346 g/mol. The van der Waals surface area contributed by atoms with Gasteiger partial charge in [0.25, 0.3) is 5.91 Å². The van der Waals surface area contributed by atoms with Gasteiger partial charge in [-0.25, -0.2) is 8.78 Å². The average molecular weight is 365 g/mol. The van der Waals surface area contributed by atoms with Gasteiger partial charge in [0, 0.05) is 32.7 Å². The quantitative estimate of drug-likeness (QED) is 0.822. The normalized spacial score (nSPS) is 15.9. The van der Waals surface area contributed by atoms with E-state index in [1.807, 2.05) is 0 Å². The molecule has 0 saturated carbocycles. The first-order chi connectivity index (χ1) is 12.0. The van der Waals surface area contributed by atoms with E-state index in [-0.39, 0.29) is 5.91 Å². The number of carbonyl (C=O) groups excluding carboxylic acids is 1. The molecule has 1 fully saturated rings. The standard InChI is InChI=1S/C19H19ClF2N2O/c20-16-5-2-1-4-15(16)19(25)24-9-3-8-23(10-11-24)13-14-6-7-17(21)18(22)12-14/h1-2,4-7,12H,3,8-11,13H2. The van der Waals surface area contributed by atoms with Crippen LogP contribution in [0.4, 0.5) is 8.78 Å². The van der Waals surface area contributed by atoms with E-state index in [9.17, 15) is 13.6 Å². The number of halogens is 3. The maximum absolute atomic E-state index is 13.3. The number of rotatable bonds is 3. The lowest BCUT2D eigenvalue weighted by Gasteiger charge is -2.22. The van der Waals surface area contributed by atoms with Gasteiger partial charge < -0.3 is 4.90 Å². The molecule has 132 valence electrons. The van der Waals surface area contributed by atoms with Gasteiger partial charge in [-0.15, -0.1) is 0 Å². The molecule has 2 aromatic carbocycles. The van der Waals surface area contributed by atoms with E-state index in [0.29, 0.717) is 36.8 Å². The largest absolute Gasteiger partial charge is 0.337 e. The van der Waals surface area contributed by atoms with Crippen LogP contribution in [-0.2, 0) is 6.54 Å². The molecule has 0 unspecified atom stereocenters. The van der Waals surface area contributed by atoms with Crippen molar-refractivity contribution < 1.29 is 13.6 Å². The molecule has 1 amide bonds. The lowest BCUT2D eigenvalue weighted by Crippen LogP contribution is -2.35. The monoisotopic (exact) mass is 364 g/mol. The molecule has 0 aliphatic carbocycles. The van der Waals surface area contributed by atoms with Crippen LogP contribution in [0.5, 0.6) is 0 Å². The van der Waals surface area contributed by atoms with Crippen molar-refractivity contribution in [2.45, 2.75) is 13.0 Å². The fraction of sp³-hybridized carbons (Fsp3) is 0.316. The Morgan fingerprint density at radius 1 is 1.00 bits per heavy atom. The number of amides is 1. The summed E-state index contributed by atoms with van der Waals surface area (Å²) in [7, 11) is 0. The predicted octanol–water partition coefficient (Wildman–Crippen LogP) is 3.97. The molecule has 0 spiro atoms. The zero-order chi connectivity index (χ0) is 17.8. The van der Waals surface area contributed by atoms with Crippen LogP contribution in [0.15, 0.2) is 42.5 Å². The molecule has 6 heteroatoms. The van der Waals surface area contributed by atoms with E-state index in [1.54, 1.807) is 35.2 Å². The summed E-state index contributed by atoms with van der Waals surface area (Å²) < 4.78 is 26.4. The summed E-state index contributed by atoms with van der Waals surface area (Å²) in [5.41, 5.74) is 1.24. The van der Waals surface area contributed by atoms with Gasteiger partial charge in [0.15, 0.2) is 11.6 Å². The van der Waals surface area contributed by atoms with E-state index >= 15 is 0 Å². The highest BCUT2D eigenvalue weighted by Gasteiger charge is 2.22. The minimum atomic E-state index is -0.837. The molecule has 3 rings (SSSR count).